The first-order valence-electron chi connectivity index (χ1n) is 6.65. The summed E-state index contributed by atoms with van der Waals surface area (Å²) >= 11 is 5.26. The maximum absolute atomic E-state index is 6.09. The molecule has 0 radical (unpaired) electrons. The number of nitrogens with one attached hydrogen (secondary N) is 1. The molecular formula is C16H16BrN3S. The summed E-state index contributed by atoms with van der Waals surface area (Å²) in [5.41, 5.74) is 12.9. The van der Waals surface area contributed by atoms with Gasteiger partial charge in [-0.05, 0) is 65.0 Å². The second kappa shape index (κ2) is 5.31. The highest BCUT2D eigenvalue weighted by Crippen LogP contribution is 2.40. The van der Waals surface area contributed by atoms with Crippen LogP contribution in [0.2, 0.25) is 0 Å². The number of nitrogens with two attached hydrogens (primary N) is 1. The van der Waals surface area contributed by atoms with Gasteiger partial charge in [-0.3, -0.25) is 5.10 Å². The van der Waals surface area contributed by atoms with Gasteiger partial charge >= 0.3 is 0 Å². The van der Waals surface area contributed by atoms with Gasteiger partial charge in [0.1, 0.15) is 0 Å². The van der Waals surface area contributed by atoms with Crippen LogP contribution in [-0.2, 0) is 0 Å². The molecule has 0 aliphatic heterocycles. The topological polar surface area (TPSA) is 54.7 Å². The molecule has 3 N–H and O–H groups in total. The fraction of sp³-hybridized carbons (Fsp3) is 0.188. The van der Waals surface area contributed by atoms with E-state index in [1.54, 1.807) is 11.3 Å². The van der Waals surface area contributed by atoms with E-state index in [1.807, 2.05) is 0 Å². The Balaban J connectivity index is 2.19. The Morgan fingerprint density at radius 2 is 1.86 bits per heavy atom. The molecule has 1 aromatic carbocycles. The van der Waals surface area contributed by atoms with E-state index in [9.17, 15) is 0 Å². The van der Waals surface area contributed by atoms with E-state index in [4.69, 9.17) is 5.73 Å². The number of anilines is 1. The molecule has 0 atom stereocenters. The molecular weight excluding hydrogens is 346 g/mol. The Kier molecular flexibility index (Phi) is 3.63. The van der Waals surface area contributed by atoms with Gasteiger partial charge in [0.15, 0.2) is 5.82 Å². The average molecular weight is 362 g/mol. The number of nitrogen functional groups attached to an aromatic ring is 1. The normalized spacial score (nSPS) is 11.0. The van der Waals surface area contributed by atoms with Crippen LogP contribution in [0.5, 0.6) is 0 Å². The summed E-state index contributed by atoms with van der Waals surface area (Å²) in [4.78, 5) is 1.14. The van der Waals surface area contributed by atoms with Crippen LogP contribution in [0.4, 0.5) is 5.82 Å². The van der Waals surface area contributed by atoms with Crippen LogP contribution in [0.1, 0.15) is 16.7 Å². The van der Waals surface area contributed by atoms with E-state index in [1.165, 1.54) is 16.7 Å². The molecule has 108 valence electrons. The lowest BCUT2D eigenvalue weighted by Crippen LogP contribution is -1.90. The highest BCUT2D eigenvalue weighted by molar-refractivity contribution is 9.11. The van der Waals surface area contributed by atoms with Crippen molar-refractivity contribution in [1.82, 2.24) is 10.2 Å². The second-order valence-corrected chi connectivity index (χ2v) is 7.60. The number of benzene rings is 1. The number of halogens is 1. The number of thiophene rings is 1. The predicted molar refractivity (Wildman–Crippen MR) is 93.7 cm³/mol. The van der Waals surface area contributed by atoms with Crippen molar-refractivity contribution in [2.45, 2.75) is 20.8 Å². The summed E-state index contributed by atoms with van der Waals surface area (Å²) in [7, 11) is 0. The van der Waals surface area contributed by atoms with Crippen LogP contribution in [0.15, 0.2) is 28.1 Å². The fourth-order valence-corrected chi connectivity index (χ4v) is 3.84. The van der Waals surface area contributed by atoms with Crippen LogP contribution in [0, 0.1) is 20.8 Å². The third kappa shape index (κ3) is 2.51. The lowest BCUT2D eigenvalue weighted by molar-refractivity contribution is 1.11. The molecule has 0 saturated heterocycles. The summed E-state index contributed by atoms with van der Waals surface area (Å²) in [5.74, 6) is 0.537. The van der Waals surface area contributed by atoms with Crippen molar-refractivity contribution in [2.75, 3.05) is 5.73 Å². The van der Waals surface area contributed by atoms with E-state index >= 15 is 0 Å². The molecule has 3 aromatic rings. The second-order valence-electron chi connectivity index (χ2n) is 5.23. The lowest BCUT2D eigenvalue weighted by Gasteiger charge is -2.06. The van der Waals surface area contributed by atoms with Gasteiger partial charge in [-0.15, -0.1) is 11.3 Å². The van der Waals surface area contributed by atoms with Crippen molar-refractivity contribution in [1.29, 1.82) is 0 Å². The summed E-state index contributed by atoms with van der Waals surface area (Å²) in [5, 5.41) is 7.28. The molecule has 0 bridgehead atoms. The van der Waals surface area contributed by atoms with Crippen LogP contribution in [0.3, 0.4) is 0 Å². The average Bonchev–Trinajstić information content (AvgIpc) is 2.97. The summed E-state index contributed by atoms with van der Waals surface area (Å²) < 4.78 is 1.14. The number of rotatable bonds is 2. The minimum Gasteiger partial charge on any atom is -0.382 e. The van der Waals surface area contributed by atoms with Gasteiger partial charge < -0.3 is 5.73 Å². The first kappa shape index (κ1) is 14.4. The first-order valence-corrected chi connectivity index (χ1v) is 8.26. The van der Waals surface area contributed by atoms with Gasteiger partial charge in [-0.2, -0.15) is 5.10 Å². The summed E-state index contributed by atoms with van der Waals surface area (Å²) in [6.07, 6.45) is 0. The van der Waals surface area contributed by atoms with E-state index in [-0.39, 0.29) is 0 Å². The maximum atomic E-state index is 6.09. The molecule has 3 nitrogen and oxygen atoms in total. The van der Waals surface area contributed by atoms with Crippen molar-refractivity contribution in [3.8, 4) is 21.7 Å². The first-order chi connectivity index (χ1) is 9.97. The molecule has 3 rings (SSSR count). The Morgan fingerprint density at radius 1 is 1.10 bits per heavy atom. The molecule has 0 aliphatic carbocycles. The number of nitrogens with zero attached hydrogens (tertiary/aromatic N) is 1. The molecule has 21 heavy (non-hydrogen) atoms. The molecule has 2 heterocycles. The summed E-state index contributed by atoms with van der Waals surface area (Å²) in [6.45, 7) is 6.30. The van der Waals surface area contributed by atoms with Crippen LogP contribution in [-0.4, -0.2) is 10.2 Å². The predicted octanol–water partition coefficient (Wildman–Crippen LogP) is 5.08. The van der Waals surface area contributed by atoms with E-state index < -0.39 is 0 Å². The molecule has 0 amide bonds. The van der Waals surface area contributed by atoms with E-state index in [0.717, 1.165) is 25.5 Å². The third-order valence-corrected chi connectivity index (χ3v) is 5.85. The summed E-state index contributed by atoms with van der Waals surface area (Å²) in [6, 6.07) is 8.53. The molecule has 2 aromatic heterocycles. The minimum absolute atomic E-state index is 0.537. The Hall–Kier alpha value is -1.59. The van der Waals surface area contributed by atoms with E-state index in [0.29, 0.717) is 5.82 Å². The zero-order valence-corrected chi connectivity index (χ0v) is 14.5. The molecule has 5 heteroatoms. The fourth-order valence-electron chi connectivity index (χ4n) is 2.31. The van der Waals surface area contributed by atoms with Crippen LogP contribution >= 0.6 is 27.3 Å². The van der Waals surface area contributed by atoms with Crippen LogP contribution < -0.4 is 5.73 Å². The highest BCUT2D eigenvalue weighted by atomic mass is 79.9. The zero-order chi connectivity index (χ0) is 15.1. The van der Waals surface area contributed by atoms with E-state index in [2.05, 4.69) is 71.2 Å². The number of aryl methyl sites for hydroxylation is 3. The van der Waals surface area contributed by atoms with Crippen molar-refractivity contribution >= 4 is 33.1 Å². The number of H-pyrrole nitrogens is 1. The zero-order valence-electron chi connectivity index (χ0n) is 12.1. The molecule has 0 aliphatic rings. The van der Waals surface area contributed by atoms with Crippen LogP contribution in [0.25, 0.3) is 21.7 Å². The number of hydrogen-bond acceptors (Lipinski definition) is 3. The van der Waals surface area contributed by atoms with Gasteiger partial charge in [-0.25, -0.2) is 0 Å². The standard InChI is InChI=1S/C16H16BrN3S/c1-8-4-5-11(6-9(8)2)13-14(19-20-16(13)18)12-7-10(3)15(17)21-12/h4-7H,1-3H3,(H3,18,19,20). The van der Waals surface area contributed by atoms with Crippen molar-refractivity contribution < 1.29 is 0 Å². The van der Waals surface area contributed by atoms with Gasteiger partial charge in [0.05, 0.1) is 19.9 Å². The molecule has 0 spiro atoms. The SMILES string of the molecule is Cc1ccc(-c2c(N)n[nH]c2-c2cc(C)c(Br)s2)cc1C. The molecule has 0 fully saturated rings. The minimum atomic E-state index is 0.537. The number of hydrogen-bond donors (Lipinski definition) is 2. The number of aromatic nitrogens is 2. The largest absolute Gasteiger partial charge is 0.382 e. The Labute approximate surface area is 136 Å². The van der Waals surface area contributed by atoms with Gasteiger partial charge in [0.25, 0.3) is 0 Å². The van der Waals surface area contributed by atoms with Crippen molar-refractivity contribution in [2.24, 2.45) is 0 Å². The smallest absolute Gasteiger partial charge is 0.153 e. The molecule has 0 saturated carbocycles. The lowest BCUT2D eigenvalue weighted by atomic mass is 9.99. The van der Waals surface area contributed by atoms with Gasteiger partial charge in [0.2, 0.25) is 0 Å². The quantitative estimate of drug-likeness (QED) is 0.668. The molecule has 0 unspecified atom stereocenters. The maximum Gasteiger partial charge on any atom is 0.153 e. The third-order valence-electron chi connectivity index (χ3n) is 3.69. The van der Waals surface area contributed by atoms with Crippen molar-refractivity contribution in [3.63, 3.8) is 0 Å². The number of aromatic amines is 1. The monoisotopic (exact) mass is 361 g/mol. The van der Waals surface area contributed by atoms with Gasteiger partial charge in [0, 0.05) is 0 Å². The van der Waals surface area contributed by atoms with Crippen molar-refractivity contribution in [3.05, 3.63) is 44.7 Å². The Morgan fingerprint density at radius 3 is 2.48 bits per heavy atom. The Bertz CT molecular complexity index is 798. The van der Waals surface area contributed by atoms with Gasteiger partial charge in [-0.1, -0.05) is 18.2 Å². The highest BCUT2D eigenvalue weighted by Gasteiger charge is 2.17.